The van der Waals surface area contributed by atoms with E-state index in [1.165, 1.54) is 4.90 Å². The molecule has 1 aromatic carbocycles. The summed E-state index contributed by atoms with van der Waals surface area (Å²) in [6.07, 6.45) is 1.77. The summed E-state index contributed by atoms with van der Waals surface area (Å²) in [4.78, 5) is 24.8. The van der Waals surface area contributed by atoms with Gasteiger partial charge in [0.2, 0.25) is 5.91 Å². The smallest absolute Gasteiger partial charge is 0.254 e. The number of hydrogen-bond donors (Lipinski definition) is 1. The fraction of sp³-hybridized carbons (Fsp3) is 0.385. The Bertz CT molecular complexity index is 480. The third kappa shape index (κ3) is 4.99. The molecule has 0 saturated heterocycles. The molecule has 0 heterocycles. The minimum absolute atomic E-state index is 0.0670. The predicted molar refractivity (Wildman–Crippen MR) is 84.2 cm³/mol. The Kier molecular flexibility index (Phi) is 6.57. The van der Waals surface area contributed by atoms with Crippen LogP contribution in [0.1, 0.15) is 30.1 Å². The zero-order valence-electron chi connectivity index (χ0n) is 10.7. The number of nitrogens with two attached hydrogens (primary N) is 1. The van der Waals surface area contributed by atoms with Gasteiger partial charge in [-0.1, -0.05) is 24.9 Å². The number of primary amides is 1. The molecule has 0 atom stereocenters. The van der Waals surface area contributed by atoms with E-state index in [1.807, 2.05) is 6.92 Å². The number of amides is 2. The van der Waals surface area contributed by atoms with E-state index in [-0.39, 0.29) is 12.5 Å². The van der Waals surface area contributed by atoms with Crippen LogP contribution < -0.4 is 5.73 Å². The first-order valence-corrected chi connectivity index (χ1v) is 7.44. The third-order valence-corrected chi connectivity index (χ3v) is 4.15. The van der Waals surface area contributed by atoms with Crippen molar-refractivity contribution >= 4 is 46.0 Å². The normalized spacial score (nSPS) is 10.3. The minimum atomic E-state index is -0.513. The topological polar surface area (TPSA) is 63.4 Å². The van der Waals surface area contributed by atoms with Crippen molar-refractivity contribution in [2.75, 3.05) is 13.1 Å². The Morgan fingerprint density at radius 3 is 2.63 bits per heavy atom. The molecule has 0 aliphatic carbocycles. The van der Waals surface area contributed by atoms with Crippen LogP contribution in [-0.4, -0.2) is 29.8 Å². The van der Waals surface area contributed by atoms with Crippen LogP contribution in [-0.2, 0) is 4.79 Å². The number of benzene rings is 1. The average Bonchev–Trinajstić information content (AvgIpc) is 2.36. The summed E-state index contributed by atoms with van der Waals surface area (Å²) in [5.74, 6) is -0.730. The van der Waals surface area contributed by atoms with Crippen molar-refractivity contribution in [1.29, 1.82) is 0 Å². The summed E-state index contributed by atoms with van der Waals surface area (Å²) in [5, 5.41) is 0.529. The van der Waals surface area contributed by atoms with E-state index in [0.717, 1.165) is 16.4 Å². The summed E-state index contributed by atoms with van der Waals surface area (Å²) in [7, 11) is 0. The second-order valence-electron chi connectivity index (χ2n) is 4.18. The molecule has 0 unspecified atom stereocenters. The van der Waals surface area contributed by atoms with Gasteiger partial charge in [-0.15, -0.1) is 0 Å². The number of rotatable bonds is 6. The highest BCUT2D eigenvalue weighted by molar-refractivity contribution is 14.1. The van der Waals surface area contributed by atoms with Gasteiger partial charge in [-0.2, -0.15) is 0 Å². The molecule has 0 aliphatic rings. The van der Waals surface area contributed by atoms with Crippen LogP contribution in [0, 0.1) is 3.57 Å². The van der Waals surface area contributed by atoms with E-state index >= 15 is 0 Å². The van der Waals surface area contributed by atoms with Crippen molar-refractivity contribution in [3.8, 4) is 0 Å². The van der Waals surface area contributed by atoms with Gasteiger partial charge in [0, 0.05) is 15.7 Å². The molecule has 4 nitrogen and oxygen atoms in total. The summed E-state index contributed by atoms with van der Waals surface area (Å²) in [6, 6.07) is 5.10. The van der Waals surface area contributed by atoms with Gasteiger partial charge in [0.25, 0.3) is 5.91 Å². The van der Waals surface area contributed by atoms with Gasteiger partial charge in [0.15, 0.2) is 0 Å². The molecule has 2 N–H and O–H groups in total. The molecule has 0 spiro atoms. The van der Waals surface area contributed by atoms with E-state index in [4.69, 9.17) is 17.3 Å². The van der Waals surface area contributed by atoms with Crippen molar-refractivity contribution in [1.82, 2.24) is 4.90 Å². The van der Waals surface area contributed by atoms with Gasteiger partial charge < -0.3 is 10.6 Å². The SMILES string of the molecule is CCCCN(CC(N)=O)C(=O)c1ccc(I)c(Cl)c1. The fourth-order valence-corrected chi connectivity index (χ4v) is 2.12. The first-order valence-electron chi connectivity index (χ1n) is 5.98. The molecule has 19 heavy (non-hydrogen) atoms. The average molecular weight is 395 g/mol. The maximum Gasteiger partial charge on any atom is 0.254 e. The van der Waals surface area contributed by atoms with Crippen molar-refractivity contribution in [3.05, 3.63) is 32.4 Å². The molecule has 2 amide bonds. The van der Waals surface area contributed by atoms with E-state index in [1.54, 1.807) is 18.2 Å². The minimum Gasteiger partial charge on any atom is -0.368 e. The van der Waals surface area contributed by atoms with Crippen molar-refractivity contribution < 1.29 is 9.59 Å². The molecule has 0 bridgehead atoms. The molecule has 0 radical (unpaired) electrons. The second kappa shape index (κ2) is 7.69. The molecule has 0 saturated carbocycles. The lowest BCUT2D eigenvalue weighted by Gasteiger charge is -2.21. The molecule has 0 aliphatic heterocycles. The van der Waals surface area contributed by atoms with Crippen LogP contribution >= 0.6 is 34.2 Å². The number of nitrogens with zero attached hydrogens (tertiary/aromatic N) is 1. The molecule has 6 heteroatoms. The summed E-state index contributed by atoms with van der Waals surface area (Å²) >= 11 is 8.10. The standard InChI is InChI=1S/C13H16ClIN2O2/c1-2-3-6-17(8-12(16)18)13(19)9-4-5-11(15)10(14)7-9/h4-5,7H,2-3,6,8H2,1H3,(H2,16,18). The lowest BCUT2D eigenvalue weighted by atomic mass is 10.2. The van der Waals surface area contributed by atoms with Gasteiger partial charge in [0.05, 0.1) is 11.6 Å². The summed E-state index contributed by atoms with van der Waals surface area (Å²) in [6.45, 7) is 2.47. The van der Waals surface area contributed by atoms with Gasteiger partial charge >= 0.3 is 0 Å². The maximum absolute atomic E-state index is 12.3. The Hall–Kier alpha value is -0.820. The number of hydrogen-bond acceptors (Lipinski definition) is 2. The number of unbranched alkanes of at least 4 members (excludes halogenated alkanes) is 1. The molecule has 0 aromatic heterocycles. The second-order valence-corrected chi connectivity index (χ2v) is 5.74. The van der Waals surface area contributed by atoms with Gasteiger partial charge in [-0.3, -0.25) is 9.59 Å². The maximum atomic E-state index is 12.3. The van der Waals surface area contributed by atoms with Gasteiger partial charge in [-0.05, 0) is 47.2 Å². The highest BCUT2D eigenvalue weighted by Gasteiger charge is 2.17. The predicted octanol–water partition coefficient (Wildman–Crippen LogP) is 2.67. The van der Waals surface area contributed by atoms with E-state index in [2.05, 4.69) is 22.6 Å². The van der Waals surface area contributed by atoms with Crippen LogP contribution in [0.4, 0.5) is 0 Å². The number of carbonyl (C=O) groups is 2. The van der Waals surface area contributed by atoms with E-state index in [0.29, 0.717) is 17.1 Å². The first kappa shape index (κ1) is 16.2. The number of carbonyl (C=O) groups excluding carboxylic acids is 2. The highest BCUT2D eigenvalue weighted by Crippen LogP contribution is 2.20. The Morgan fingerprint density at radius 1 is 1.42 bits per heavy atom. The number of halogens is 2. The van der Waals surface area contributed by atoms with Crippen molar-refractivity contribution in [3.63, 3.8) is 0 Å². The van der Waals surface area contributed by atoms with Crippen LogP contribution in [0.25, 0.3) is 0 Å². The zero-order valence-corrected chi connectivity index (χ0v) is 13.6. The van der Waals surface area contributed by atoms with Gasteiger partial charge in [0.1, 0.15) is 0 Å². The largest absolute Gasteiger partial charge is 0.368 e. The highest BCUT2D eigenvalue weighted by atomic mass is 127. The molecule has 104 valence electrons. The molecule has 1 rings (SSSR count). The van der Waals surface area contributed by atoms with Crippen LogP contribution in [0.3, 0.4) is 0 Å². The van der Waals surface area contributed by atoms with Crippen molar-refractivity contribution in [2.24, 2.45) is 5.73 Å². The van der Waals surface area contributed by atoms with Crippen LogP contribution in [0.2, 0.25) is 5.02 Å². The summed E-state index contributed by atoms with van der Waals surface area (Å²) in [5.41, 5.74) is 5.65. The van der Waals surface area contributed by atoms with Crippen LogP contribution in [0.15, 0.2) is 18.2 Å². The van der Waals surface area contributed by atoms with Crippen LogP contribution in [0.5, 0.6) is 0 Å². The first-order chi connectivity index (χ1) is 8.95. The Balaban J connectivity index is 2.90. The van der Waals surface area contributed by atoms with E-state index in [9.17, 15) is 9.59 Å². The molecule has 1 aromatic rings. The molecular weight excluding hydrogens is 379 g/mol. The summed E-state index contributed by atoms with van der Waals surface area (Å²) < 4.78 is 0.880. The van der Waals surface area contributed by atoms with E-state index < -0.39 is 5.91 Å². The zero-order chi connectivity index (χ0) is 14.4. The lowest BCUT2D eigenvalue weighted by molar-refractivity contribution is -0.118. The molecule has 0 fully saturated rings. The molecular formula is C13H16ClIN2O2. The monoisotopic (exact) mass is 394 g/mol. The lowest BCUT2D eigenvalue weighted by Crippen LogP contribution is -2.39. The Labute approximate surface area is 131 Å². The van der Waals surface area contributed by atoms with Gasteiger partial charge in [-0.25, -0.2) is 0 Å². The fourth-order valence-electron chi connectivity index (χ4n) is 1.60. The Morgan fingerprint density at radius 2 is 2.11 bits per heavy atom. The quantitative estimate of drug-likeness (QED) is 0.754. The van der Waals surface area contributed by atoms with Crippen molar-refractivity contribution in [2.45, 2.75) is 19.8 Å². The third-order valence-electron chi connectivity index (χ3n) is 2.58.